The molecule has 0 aliphatic rings. The predicted molar refractivity (Wildman–Crippen MR) is 105 cm³/mol. The highest BCUT2D eigenvalue weighted by atomic mass is 127. The molecule has 138 valence electrons. The van der Waals surface area contributed by atoms with E-state index >= 15 is 0 Å². The number of guanidine groups is 1. The van der Waals surface area contributed by atoms with Crippen LogP contribution in [0.15, 0.2) is 23.2 Å². The average Bonchev–Trinajstić information content (AvgIpc) is 2.47. The fourth-order valence-electron chi connectivity index (χ4n) is 2.23. The van der Waals surface area contributed by atoms with Gasteiger partial charge in [-0.3, -0.25) is 4.99 Å². The lowest BCUT2D eigenvalue weighted by Gasteiger charge is -2.30. The van der Waals surface area contributed by atoms with Crippen LogP contribution in [0.1, 0.15) is 26.3 Å². The van der Waals surface area contributed by atoms with Crippen molar-refractivity contribution in [2.24, 2.45) is 10.4 Å². The van der Waals surface area contributed by atoms with E-state index in [4.69, 9.17) is 4.74 Å². The minimum atomic E-state index is -0.526. The van der Waals surface area contributed by atoms with Gasteiger partial charge in [-0.2, -0.15) is 0 Å². The smallest absolute Gasteiger partial charge is 0.191 e. The number of hydrogen-bond donors (Lipinski definition) is 2. The highest BCUT2D eigenvalue weighted by molar-refractivity contribution is 14.0. The molecule has 0 heterocycles. The van der Waals surface area contributed by atoms with Gasteiger partial charge in [0, 0.05) is 32.8 Å². The van der Waals surface area contributed by atoms with Gasteiger partial charge in [0.25, 0.3) is 0 Å². The van der Waals surface area contributed by atoms with Crippen LogP contribution < -0.4 is 10.6 Å². The maximum atomic E-state index is 13.6. The van der Waals surface area contributed by atoms with Crippen LogP contribution >= 0.6 is 24.0 Å². The van der Waals surface area contributed by atoms with Gasteiger partial charge >= 0.3 is 0 Å². The van der Waals surface area contributed by atoms with Gasteiger partial charge in [0.2, 0.25) is 0 Å². The Morgan fingerprint density at radius 1 is 1.21 bits per heavy atom. The number of ether oxygens (including phenoxy) is 1. The monoisotopic (exact) mass is 455 g/mol. The van der Waals surface area contributed by atoms with E-state index in [-0.39, 0.29) is 47.5 Å². The minimum Gasteiger partial charge on any atom is -0.379 e. The SMILES string of the molecule is CN=C(NCCc1c(F)cccc1F)NCC(OC)C(C)(C)C.I. The predicted octanol–water partition coefficient (Wildman–Crippen LogP) is 3.35. The van der Waals surface area contributed by atoms with Gasteiger partial charge in [-0.15, -0.1) is 24.0 Å². The van der Waals surface area contributed by atoms with E-state index in [0.29, 0.717) is 19.0 Å². The van der Waals surface area contributed by atoms with Crippen LogP contribution in [0.2, 0.25) is 0 Å². The van der Waals surface area contributed by atoms with Crippen molar-refractivity contribution in [3.05, 3.63) is 35.4 Å². The van der Waals surface area contributed by atoms with Crippen LogP contribution in [0, 0.1) is 17.0 Å². The molecule has 1 aromatic carbocycles. The Hall–Kier alpha value is -0.960. The lowest BCUT2D eigenvalue weighted by Crippen LogP contribution is -2.45. The molecule has 0 saturated carbocycles. The number of benzene rings is 1. The first-order chi connectivity index (χ1) is 10.8. The zero-order valence-electron chi connectivity index (χ0n) is 15.0. The Morgan fingerprint density at radius 3 is 2.25 bits per heavy atom. The fraction of sp³-hybridized carbons (Fsp3) is 0.588. The summed E-state index contributed by atoms with van der Waals surface area (Å²) in [6.45, 7) is 7.26. The number of halogens is 3. The van der Waals surface area contributed by atoms with Crippen molar-refractivity contribution in [3.63, 3.8) is 0 Å². The lowest BCUT2D eigenvalue weighted by atomic mass is 9.89. The van der Waals surface area contributed by atoms with Crippen molar-refractivity contribution < 1.29 is 13.5 Å². The minimum absolute atomic E-state index is 0. The van der Waals surface area contributed by atoms with E-state index in [0.717, 1.165) is 0 Å². The average molecular weight is 455 g/mol. The molecule has 0 radical (unpaired) electrons. The number of methoxy groups -OCH3 is 1. The molecule has 1 aromatic rings. The molecule has 0 spiro atoms. The molecule has 0 aliphatic carbocycles. The van der Waals surface area contributed by atoms with Crippen LogP contribution in [-0.2, 0) is 11.2 Å². The molecule has 0 amide bonds. The summed E-state index contributed by atoms with van der Waals surface area (Å²) in [5.74, 6) is -0.475. The molecule has 0 aromatic heterocycles. The molecular weight excluding hydrogens is 427 g/mol. The zero-order valence-corrected chi connectivity index (χ0v) is 17.3. The molecule has 7 heteroatoms. The number of rotatable bonds is 6. The number of aliphatic imine (C=N–C) groups is 1. The van der Waals surface area contributed by atoms with E-state index in [9.17, 15) is 8.78 Å². The van der Waals surface area contributed by atoms with Gasteiger partial charge in [0.05, 0.1) is 6.10 Å². The Bertz CT molecular complexity index is 513. The molecule has 1 rings (SSSR count). The van der Waals surface area contributed by atoms with Crippen molar-refractivity contribution in [3.8, 4) is 0 Å². The quantitative estimate of drug-likeness (QED) is 0.393. The Balaban J connectivity index is 0.00000529. The molecule has 4 nitrogen and oxygen atoms in total. The van der Waals surface area contributed by atoms with Crippen molar-refractivity contribution in [2.45, 2.75) is 33.3 Å². The van der Waals surface area contributed by atoms with Crippen LogP contribution in [0.3, 0.4) is 0 Å². The summed E-state index contributed by atoms with van der Waals surface area (Å²) < 4.78 is 32.6. The van der Waals surface area contributed by atoms with E-state index in [2.05, 4.69) is 36.4 Å². The normalized spacial score (nSPS) is 13.2. The van der Waals surface area contributed by atoms with Gasteiger partial charge in [0.15, 0.2) is 5.96 Å². The summed E-state index contributed by atoms with van der Waals surface area (Å²) in [5.41, 5.74) is 0.0802. The fourth-order valence-corrected chi connectivity index (χ4v) is 2.23. The van der Waals surface area contributed by atoms with Crippen LogP contribution in [0.5, 0.6) is 0 Å². The van der Waals surface area contributed by atoms with Gasteiger partial charge in [0.1, 0.15) is 11.6 Å². The molecule has 24 heavy (non-hydrogen) atoms. The highest BCUT2D eigenvalue weighted by Gasteiger charge is 2.24. The van der Waals surface area contributed by atoms with Gasteiger partial charge in [-0.05, 0) is 24.0 Å². The third-order valence-corrected chi connectivity index (χ3v) is 3.66. The summed E-state index contributed by atoms with van der Waals surface area (Å²) in [4.78, 5) is 4.10. The molecule has 2 N–H and O–H groups in total. The molecule has 1 atom stereocenters. The third-order valence-electron chi connectivity index (χ3n) is 3.66. The molecule has 0 saturated heterocycles. The van der Waals surface area contributed by atoms with Gasteiger partial charge in [-0.1, -0.05) is 26.8 Å². The standard InChI is InChI=1S/C17H27F2N3O.HI/c1-17(2,3)15(23-5)11-22-16(20-4)21-10-9-12-13(18)7-6-8-14(12)19;/h6-8,15H,9-11H2,1-5H3,(H2,20,21,22);1H. The Morgan fingerprint density at radius 2 is 1.79 bits per heavy atom. The number of nitrogens with zero attached hydrogens (tertiary/aromatic N) is 1. The van der Waals surface area contributed by atoms with Crippen molar-refractivity contribution >= 4 is 29.9 Å². The second-order valence-corrected chi connectivity index (χ2v) is 6.42. The summed E-state index contributed by atoms with van der Waals surface area (Å²) >= 11 is 0. The summed E-state index contributed by atoms with van der Waals surface area (Å²) in [5, 5.41) is 6.22. The second kappa shape index (κ2) is 10.8. The van der Waals surface area contributed by atoms with Crippen molar-refractivity contribution in [1.82, 2.24) is 10.6 Å². The van der Waals surface area contributed by atoms with Gasteiger partial charge in [-0.25, -0.2) is 8.78 Å². The molecule has 1 unspecified atom stereocenters. The summed E-state index contributed by atoms with van der Waals surface area (Å²) in [6, 6.07) is 3.88. The first kappa shape index (κ1) is 23.0. The third kappa shape index (κ3) is 7.29. The molecule has 0 fully saturated rings. The van der Waals surface area contributed by atoms with Crippen LogP contribution in [0.4, 0.5) is 8.78 Å². The maximum Gasteiger partial charge on any atom is 0.191 e. The first-order valence-corrected chi connectivity index (χ1v) is 7.69. The van der Waals surface area contributed by atoms with Crippen LogP contribution in [-0.4, -0.2) is 39.3 Å². The summed E-state index contributed by atoms with van der Waals surface area (Å²) in [7, 11) is 3.33. The second-order valence-electron chi connectivity index (χ2n) is 6.42. The van der Waals surface area contributed by atoms with Crippen LogP contribution in [0.25, 0.3) is 0 Å². The number of hydrogen-bond acceptors (Lipinski definition) is 2. The van der Waals surface area contributed by atoms with Crippen molar-refractivity contribution in [2.75, 3.05) is 27.2 Å². The maximum absolute atomic E-state index is 13.6. The van der Waals surface area contributed by atoms with E-state index in [1.54, 1.807) is 14.2 Å². The Labute approximate surface area is 160 Å². The first-order valence-electron chi connectivity index (χ1n) is 7.69. The highest BCUT2D eigenvalue weighted by Crippen LogP contribution is 2.20. The number of nitrogens with one attached hydrogen (secondary N) is 2. The molecule has 0 aliphatic heterocycles. The van der Waals surface area contributed by atoms with E-state index < -0.39 is 11.6 Å². The topological polar surface area (TPSA) is 45.7 Å². The molecular formula is C17H28F2IN3O. The summed E-state index contributed by atoms with van der Waals surface area (Å²) in [6.07, 6.45) is 0.261. The molecule has 0 bridgehead atoms. The Kier molecular flexibility index (Phi) is 10.4. The van der Waals surface area contributed by atoms with E-state index in [1.165, 1.54) is 18.2 Å². The zero-order chi connectivity index (χ0) is 17.5. The lowest BCUT2D eigenvalue weighted by molar-refractivity contribution is 0.0205. The van der Waals surface area contributed by atoms with Crippen molar-refractivity contribution in [1.29, 1.82) is 0 Å². The van der Waals surface area contributed by atoms with E-state index in [1.807, 2.05) is 0 Å². The van der Waals surface area contributed by atoms with Gasteiger partial charge < -0.3 is 15.4 Å². The largest absolute Gasteiger partial charge is 0.379 e.